The van der Waals surface area contributed by atoms with Crippen molar-refractivity contribution in [2.24, 2.45) is 11.8 Å². The summed E-state index contributed by atoms with van der Waals surface area (Å²) in [4.78, 5) is 37.1. The molecule has 100 valence electrons. The van der Waals surface area contributed by atoms with E-state index in [1.54, 1.807) is 13.8 Å². The molecule has 6 nitrogen and oxygen atoms in total. The lowest BCUT2D eigenvalue weighted by Gasteiger charge is -2.41. The van der Waals surface area contributed by atoms with Crippen LogP contribution in [0, 0.1) is 11.8 Å². The SMILES string of the molecule is C[C@@H]1CNC[C@H]1C(=O)N1CC(=O)NC(=O)C1(C)C. The molecule has 0 radical (unpaired) electrons. The molecule has 0 aromatic rings. The second-order valence-corrected chi connectivity index (χ2v) is 5.60. The number of piperazine rings is 1. The Bertz CT molecular complexity index is 405. The van der Waals surface area contributed by atoms with Gasteiger partial charge in [-0.15, -0.1) is 0 Å². The largest absolute Gasteiger partial charge is 0.319 e. The van der Waals surface area contributed by atoms with Crippen LogP contribution in [0.1, 0.15) is 20.8 Å². The van der Waals surface area contributed by atoms with Crippen molar-refractivity contribution < 1.29 is 14.4 Å². The number of imide groups is 1. The highest BCUT2D eigenvalue weighted by atomic mass is 16.2. The van der Waals surface area contributed by atoms with Gasteiger partial charge >= 0.3 is 0 Å². The fourth-order valence-electron chi connectivity index (χ4n) is 2.48. The molecule has 2 rings (SSSR count). The van der Waals surface area contributed by atoms with Crippen LogP contribution in [0.5, 0.6) is 0 Å². The minimum atomic E-state index is -0.965. The number of nitrogens with zero attached hydrogens (tertiary/aromatic N) is 1. The number of hydrogen-bond acceptors (Lipinski definition) is 4. The predicted octanol–water partition coefficient (Wildman–Crippen LogP) is -0.894. The molecule has 3 amide bonds. The third kappa shape index (κ3) is 2.01. The summed E-state index contributed by atoms with van der Waals surface area (Å²) in [6, 6.07) is 0. The van der Waals surface area contributed by atoms with Crippen molar-refractivity contribution in [3.63, 3.8) is 0 Å². The van der Waals surface area contributed by atoms with Gasteiger partial charge in [-0.3, -0.25) is 19.7 Å². The number of carbonyl (C=O) groups excluding carboxylic acids is 3. The Kier molecular flexibility index (Phi) is 3.14. The lowest BCUT2D eigenvalue weighted by molar-refractivity contribution is -0.158. The summed E-state index contributed by atoms with van der Waals surface area (Å²) in [6.45, 7) is 6.70. The molecule has 18 heavy (non-hydrogen) atoms. The van der Waals surface area contributed by atoms with E-state index in [1.807, 2.05) is 6.92 Å². The first-order chi connectivity index (χ1) is 8.34. The summed E-state index contributed by atoms with van der Waals surface area (Å²) in [5.41, 5.74) is -0.965. The second kappa shape index (κ2) is 4.35. The molecule has 2 atom stereocenters. The van der Waals surface area contributed by atoms with Gasteiger partial charge in [0.05, 0.1) is 5.92 Å². The van der Waals surface area contributed by atoms with Gasteiger partial charge in [-0.1, -0.05) is 6.92 Å². The second-order valence-electron chi connectivity index (χ2n) is 5.60. The molecule has 0 bridgehead atoms. The van der Waals surface area contributed by atoms with E-state index in [1.165, 1.54) is 4.90 Å². The van der Waals surface area contributed by atoms with E-state index < -0.39 is 17.4 Å². The van der Waals surface area contributed by atoms with E-state index in [0.29, 0.717) is 6.54 Å². The van der Waals surface area contributed by atoms with Crippen molar-refractivity contribution in [1.82, 2.24) is 15.5 Å². The minimum Gasteiger partial charge on any atom is -0.319 e. The van der Waals surface area contributed by atoms with Crippen LogP contribution in [0.2, 0.25) is 0 Å². The van der Waals surface area contributed by atoms with Crippen molar-refractivity contribution in [2.75, 3.05) is 19.6 Å². The Morgan fingerprint density at radius 2 is 2.00 bits per heavy atom. The maximum Gasteiger partial charge on any atom is 0.252 e. The van der Waals surface area contributed by atoms with Crippen LogP contribution >= 0.6 is 0 Å². The summed E-state index contributed by atoms with van der Waals surface area (Å²) in [6.07, 6.45) is 0. The Hall–Kier alpha value is -1.43. The van der Waals surface area contributed by atoms with Crippen LogP contribution in [0.3, 0.4) is 0 Å². The Morgan fingerprint density at radius 3 is 2.56 bits per heavy atom. The first-order valence-electron chi connectivity index (χ1n) is 6.20. The van der Waals surface area contributed by atoms with Gasteiger partial charge in [0.2, 0.25) is 11.8 Å². The van der Waals surface area contributed by atoms with Crippen LogP contribution in [0.25, 0.3) is 0 Å². The van der Waals surface area contributed by atoms with Crippen molar-refractivity contribution in [1.29, 1.82) is 0 Å². The molecule has 2 aliphatic rings. The van der Waals surface area contributed by atoms with Crippen LogP contribution in [-0.4, -0.2) is 47.8 Å². The molecule has 2 fully saturated rings. The molecule has 2 N–H and O–H groups in total. The lowest BCUT2D eigenvalue weighted by atomic mass is 9.91. The fraction of sp³-hybridized carbons (Fsp3) is 0.750. The molecular weight excluding hydrogens is 234 g/mol. The lowest BCUT2D eigenvalue weighted by Crippen LogP contribution is -2.66. The first-order valence-corrected chi connectivity index (χ1v) is 6.20. The molecule has 6 heteroatoms. The van der Waals surface area contributed by atoms with Gasteiger partial charge in [-0.05, 0) is 26.3 Å². The molecule has 2 aliphatic heterocycles. The quantitative estimate of drug-likeness (QED) is 0.594. The number of amides is 3. The van der Waals surface area contributed by atoms with Gasteiger partial charge in [-0.25, -0.2) is 0 Å². The Balaban J connectivity index is 2.22. The van der Waals surface area contributed by atoms with Crippen molar-refractivity contribution in [2.45, 2.75) is 26.3 Å². The zero-order valence-corrected chi connectivity index (χ0v) is 10.9. The smallest absolute Gasteiger partial charge is 0.252 e. The van der Waals surface area contributed by atoms with E-state index in [4.69, 9.17) is 0 Å². The average Bonchev–Trinajstić information content (AvgIpc) is 2.69. The summed E-state index contributed by atoms with van der Waals surface area (Å²) >= 11 is 0. The van der Waals surface area contributed by atoms with E-state index in [-0.39, 0.29) is 24.3 Å². The average molecular weight is 253 g/mol. The number of nitrogens with one attached hydrogen (secondary N) is 2. The predicted molar refractivity (Wildman–Crippen MR) is 64.5 cm³/mol. The standard InChI is InChI=1S/C12H19N3O3/c1-7-4-13-5-8(7)10(17)15-6-9(16)14-11(18)12(15,2)3/h7-8,13H,4-6H2,1-3H3,(H,14,16,18)/t7-,8-/m1/s1. The van der Waals surface area contributed by atoms with Crippen molar-refractivity contribution >= 4 is 17.7 Å². The zero-order valence-electron chi connectivity index (χ0n) is 10.9. The van der Waals surface area contributed by atoms with Crippen LogP contribution < -0.4 is 10.6 Å². The maximum atomic E-state index is 12.5. The van der Waals surface area contributed by atoms with Gasteiger partial charge in [0, 0.05) is 6.54 Å². The fourth-order valence-corrected chi connectivity index (χ4v) is 2.48. The minimum absolute atomic E-state index is 0.0409. The van der Waals surface area contributed by atoms with Gasteiger partial charge < -0.3 is 10.2 Å². The Morgan fingerprint density at radius 1 is 1.33 bits per heavy atom. The molecule has 0 aliphatic carbocycles. The van der Waals surface area contributed by atoms with Crippen molar-refractivity contribution in [3.8, 4) is 0 Å². The van der Waals surface area contributed by atoms with Crippen LogP contribution in [-0.2, 0) is 14.4 Å². The first kappa shape index (κ1) is 13.0. The highest BCUT2D eigenvalue weighted by Crippen LogP contribution is 2.25. The van der Waals surface area contributed by atoms with Crippen LogP contribution in [0.15, 0.2) is 0 Å². The molecule has 0 aromatic carbocycles. The number of hydrogen-bond donors (Lipinski definition) is 2. The summed E-state index contributed by atoms with van der Waals surface area (Å²) < 4.78 is 0. The van der Waals surface area contributed by atoms with E-state index >= 15 is 0 Å². The normalized spacial score (nSPS) is 31.4. The van der Waals surface area contributed by atoms with Crippen LogP contribution in [0.4, 0.5) is 0 Å². The van der Waals surface area contributed by atoms with E-state index in [9.17, 15) is 14.4 Å². The number of rotatable bonds is 1. The topological polar surface area (TPSA) is 78.5 Å². The van der Waals surface area contributed by atoms with E-state index in [2.05, 4.69) is 10.6 Å². The molecule has 2 saturated heterocycles. The molecule has 0 spiro atoms. The zero-order chi connectivity index (χ0) is 13.5. The molecule has 0 unspecified atom stereocenters. The summed E-state index contributed by atoms with van der Waals surface area (Å²) in [7, 11) is 0. The highest BCUT2D eigenvalue weighted by Gasteiger charge is 2.46. The third-order valence-corrected chi connectivity index (χ3v) is 3.89. The van der Waals surface area contributed by atoms with Gasteiger partial charge in [0.25, 0.3) is 5.91 Å². The molecule has 0 aromatic heterocycles. The molecule has 0 saturated carbocycles. The van der Waals surface area contributed by atoms with Gasteiger partial charge in [-0.2, -0.15) is 0 Å². The maximum absolute atomic E-state index is 12.5. The van der Waals surface area contributed by atoms with E-state index in [0.717, 1.165) is 6.54 Å². The number of carbonyl (C=O) groups is 3. The molecular formula is C12H19N3O3. The van der Waals surface area contributed by atoms with Crippen molar-refractivity contribution in [3.05, 3.63) is 0 Å². The van der Waals surface area contributed by atoms with Gasteiger partial charge in [0.15, 0.2) is 0 Å². The summed E-state index contributed by atoms with van der Waals surface area (Å²) in [5.74, 6) is -0.853. The Labute approximate surface area is 106 Å². The van der Waals surface area contributed by atoms with Gasteiger partial charge in [0.1, 0.15) is 12.1 Å². The molecule has 2 heterocycles. The summed E-state index contributed by atoms with van der Waals surface area (Å²) in [5, 5.41) is 5.43. The highest BCUT2D eigenvalue weighted by molar-refractivity contribution is 6.06. The third-order valence-electron chi connectivity index (χ3n) is 3.89. The monoisotopic (exact) mass is 253 g/mol.